The third-order valence-electron chi connectivity index (χ3n) is 4.55. The number of unbranched alkanes of at least 4 members (excludes halogenated alkanes) is 1. The van der Waals surface area contributed by atoms with E-state index < -0.39 is 0 Å². The molecular weight excluding hydrogens is 436 g/mol. The quantitative estimate of drug-likeness (QED) is 0.399. The van der Waals surface area contributed by atoms with E-state index in [9.17, 15) is 9.59 Å². The van der Waals surface area contributed by atoms with Crippen LogP contribution in [0.3, 0.4) is 0 Å². The van der Waals surface area contributed by atoms with Crippen molar-refractivity contribution in [2.24, 2.45) is 0 Å². The smallest absolute Gasteiger partial charge is 0.237 e. The first-order valence-electron chi connectivity index (χ1n) is 10.2. The molecule has 2 amide bonds. The van der Waals surface area contributed by atoms with Crippen molar-refractivity contribution in [3.63, 3.8) is 0 Å². The Kier molecular flexibility index (Phi) is 10.0. The molecule has 0 aliphatic heterocycles. The Morgan fingerprint density at radius 2 is 1.81 bits per heavy atom. The maximum Gasteiger partial charge on any atom is 0.237 e. The summed E-state index contributed by atoms with van der Waals surface area (Å²) in [6.45, 7) is 4.00. The van der Waals surface area contributed by atoms with Gasteiger partial charge in [-0.25, -0.2) is 0 Å². The van der Waals surface area contributed by atoms with Gasteiger partial charge in [0.05, 0.1) is 30.2 Å². The zero-order valence-electron chi connectivity index (χ0n) is 18.3. The molecule has 0 saturated carbocycles. The lowest BCUT2D eigenvalue weighted by Crippen LogP contribution is -2.24. The molecule has 168 valence electrons. The van der Waals surface area contributed by atoms with E-state index in [0.29, 0.717) is 35.1 Å². The molecule has 0 spiro atoms. The number of amides is 2. The summed E-state index contributed by atoms with van der Waals surface area (Å²) in [5.74, 6) is 0.767. The normalized spacial score (nSPS) is 11.5. The highest BCUT2D eigenvalue weighted by atomic mass is 35.5. The van der Waals surface area contributed by atoms with E-state index in [1.54, 1.807) is 12.1 Å². The molecule has 0 saturated heterocycles. The minimum Gasteiger partial charge on any atom is -0.495 e. The lowest BCUT2D eigenvalue weighted by molar-refractivity contribution is -0.116. The number of thioether (sulfide) groups is 1. The first-order valence-corrected chi connectivity index (χ1v) is 11.5. The molecule has 31 heavy (non-hydrogen) atoms. The Labute approximate surface area is 193 Å². The number of hydrogen-bond acceptors (Lipinski definition) is 5. The Balaban J connectivity index is 2.09. The number of methoxy groups -OCH3 is 2. The Morgan fingerprint density at radius 1 is 1.06 bits per heavy atom. The van der Waals surface area contributed by atoms with Gasteiger partial charge >= 0.3 is 0 Å². The number of hydrogen-bond donors (Lipinski definition) is 2. The van der Waals surface area contributed by atoms with Gasteiger partial charge in [0.1, 0.15) is 11.5 Å². The number of nitrogens with one attached hydrogen (secondary N) is 2. The van der Waals surface area contributed by atoms with Crippen LogP contribution in [0.1, 0.15) is 39.5 Å². The zero-order valence-corrected chi connectivity index (χ0v) is 19.9. The second-order valence-corrected chi connectivity index (χ2v) is 8.55. The summed E-state index contributed by atoms with van der Waals surface area (Å²) in [5, 5.41) is 5.86. The van der Waals surface area contributed by atoms with Crippen molar-refractivity contribution in [2.75, 3.05) is 24.9 Å². The van der Waals surface area contributed by atoms with Crippen molar-refractivity contribution in [3.8, 4) is 11.5 Å². The van der Waals surface area contributed by atoms with Crippen molar-refractivity contribution in [2.45, 2.75) is 49.7 Å². The molecule has 0 bridgehead atoms. The highest BCUT2D eigenvalue weighted by Gasteiger charge is 2.21. The summed E-state index contributed by atoms with van der Waals surface area (Å²) in [6, 6.07) is 10.8. The molecule has 0 heterocycles. The molecule has 0 aliphatic carbocycles. The van der Waals surface area contributed by atoms with Crippen LogP contribution in [0.15, 0.2) is 41.3 Å². The number of halogens is 1. The lowest BCUT2D eigenvalue weighted by Gasteiger charge is -2.18. The number of ether oxygens (including phenoxy) is 2. The second kappa shape index (κ2) is 12.5. The summed E-state index contributed by atoms with van der Waals surface area (Å²) in [5.41, 5.74) is 1.21. The third kappa shape index (κ3) is 7.36. The van der Waals surface area contributed by atoms with Crippen LogP contribution in [-0.2, 0) is 9.59 Å². The molecule has 1 unspecified atom stereocenters. The average molecular weight is 465 g/mol. The van der Waals surface area contributed by atoms with Crippen molar-refractivity contribution >= 4 is 46.6 Å². The second-order valence-electron chi connectivity index (χ2n) is 6.87. The van der Waals surface area contributed by atoms with Gasteiger partial charge in [0, 0.05) is 23.1 Å². The maximum absolute atomic E-state index is 12.9. The van der Waals surface area contributed by atoms with Crippen LogP contribution in [0.2, 0.25) is 5.02 Å². The van der Waals surface area contributed by atoms with Crippen LogP contribution in [-0.4, -0.2) is 31.3 Å². The van der Waals surface area contributed by atoms with E-state index >= 15 is 0 Å². The summed E-state index contributed by atoms with van der Waals surface area (Å²) in [7, 11) is 3.04. The number of carbonyl (C=O) groups excluding carboxylic acids is 2. The molecule has 2 aromatic carbocycles. The molecule has 8 heteroatoms. The van der Waals surface area contributed by atoms with E-state index in [2.05, 4.69) is 17.6 Å². The minimum absolute atomic E-state index is 0.00253. The van der Waals surface area contributed by atoms with Gasteiger partial charge in [-0.1, -0.05) is 37.9 Å². The summed E-state index contributed by atoms with van der Waals surface area (Å²) < 4.78 is 10.6. The van der Waals surface area contributed by atoms with Gasteiger partial charge in [-0.05, 0) is 37.1 Å². The van der Waals surface area contributed by atoms with Gasteiger partial charge in [-0.2, -0.15) is 0 Å². The standard InChI is InChI=1S/C23H29ClN2O4S/c1-5-7-11-22(27)25-15-9-8-10-16(12-15)31-21(6-2)23(28)26-18-13-17(24)19(29-3)14-20(18)30-4/h8-10,12-14,21H,5-7,11H2,1-4H3,(H,25,27)(H,26,28). The van der Waals surface area contributed by atoms with Crippen LogP contribution in [0.4, 0.5) is 11.4 Å². The predicted octanol–water partition coefficient (Wildman–Crippen LogP) is 6.00. The Bertz CT molecular complexity index is 907. The van der Waals surface area contributed by atoms with Gasteiger partial charge in [-0.15, -0.1) is 11.8 Å². The SMILES string of the molecule is CCCCC(=O)Nc1cccc(SC(CC)C(=O)Nc2cc(Cl)c(OC)cc2OC)c1. The van der Waals surface area contributed by atoms with Gasteiger partial charge in [0.25, 0.3) is 0 Å². The molecule has 2 rings (SSSR count). The maximum atomic E-state index is 12.9. The summed E-state index contributed by atoms with van der Waals surface area (Å²) >= 11 is 7.64. The van der Waals surface area contributed by atoms with Gasteiger partial charge in [0.2, 0.25) is 11.8 Å². The Hall–Kier alpha value is -2.38. The van der Waals surface area contributed by atoms with E-state index in [1.807, 2.05) is 31.2 Å². The van der Waals surface area contributed by atoms with E-state index in [1.165, 1.54) is 26.0 Å². The fraction of sp³-hybridized carbons (Fsp3) is 0.391. The van der Waals surface area contributed by atoms with E-state index in [0.717, 1.165) is 23.4 Å². The van der Waals surface area contributed by atoms with E-state index in [4.69, 9.17) is 21.1 Å². The van der Waals surface area contributed by atoms with Crippen LogP contribution in [0.5, 0.6) is 11.5 Å². The van der Waals surface area contributed by atoms with Gasteiger partial charge < -0.3 is 20.1 Å². The monoisotopic (exact) mass is 464 g/mol. The molecule has 1 atom stereocenters. The zero-order chi connectivity index (χ0) is 22.8. The van der Waals surface area contributed by atoms with E-state index in [-0.39, 0.29) is 17.1 Å². The van der Waals surface area contributed by atoms with Gasteiger partial charge in [0.15, 0.2) is 0 Å². The number of carbonyl (C=O) groups is 2. The first-order chi connectivity index (χ1) is 14.9. The summed E-state index contributed by atoms with van der Waals surface area (Å²) in [6.07, 6.45) is 2.95. The fourth-order valence-electron chi connectivity index (χ4n) is 2.87. The fourth-order valence-corrected chi connectivity index (χ4v) is 4.12. The molecule has 6 nitrogen and oxygen atoms in total. The molecule has 0 aliphatic rings. The van der Waals surface area contributed by atoms with Crippen molar-refractivity contribution < 1.29 is 19.1 Å². The highest BCUT2D eigenvalue weighted by Crippen LogP contribution is 2.37. The van der Waals surface area contributed by atoms with Crippen LogP contribution < -0.4 is 20.1 Å². The molecule has 2 N–H and O–H groups in total. The first kappa shape index (κ1) is 24.9. The lowest BCUT2D eigenvalue weighted by atomic mass is 10.2. The van der Waals surface area contributed by atoms with Gasteiger partial charge in [-0.3, -0.25) is 9.59 Å². The number of rotatable bonds is 11. The average Bonchev–Trinajstić information content (AvgIpc) is 2.76. The molecule has 0 aromatic heterocycles. The predicted molar refractivity (Wildman–Crippen MR) is 128 cm³/mol. The topological polar surface area (TPSA) is 76.7 Å². The highest BCUT2D eigenvalue weighted by molar-refractivity contribution is 8.00. The van der Waals surface area contributed by atoms with Crippen molar-refractivity contribution in [3.05, 3.63) is 41.4 Å². The minimum atomic E-state index is -0.336. The van der Waals surface area contributed by atoms with Crippen molar-refractivity contribution in [1.29, 1.82) is 0 Å². The molecule has 0 radical (unpaired) electrons. The Morgan fingerprint density at radius 3 is 2.45 bits per heavy atom. The number of benzene rings is 2. The molecular formula is C23H29ClN2O4S. The molecule has 2 aromatic rings. The number of anilines is 2. The van der Waals surface area contributed by atoms with Crippen LogP contribution in [0.25, 0.3) is 0 Å². The molecule has 0 fully saturated rings. The summed E-state index contributed by atoms with van der Waals surface area (Å²) in [4.78, 5) is 25.8. The largest absolute Gasteiger partial charge is 0.495 e. The third-order valence-corrected chi connectivity index (χ3v) is 6.20. The van der Waals surface area contributed by atoms with Crippen molar-refractivity contribution in [1.82, 2.24) is 0 Å². The van der Waals surface area contributed by atoms with Crippen LogP contribution in [0, 0.1) is 0 Å². The van der Waals surface area contributed by atoms with Crippen LogP contribution >= 0.6 is 23.4 Å².